The Hall–Kier alpha value is -1.52. The van der Waals surface area contributed by atoms with Gasteiger partial charge in [-0.2, -0.15) is 0 Å². The molecule has 2 aliphatic heterocycles. The normalized spacial score (nSPS) is 25.4. The van der Waals surface area contributed by atoms with Crippen LogP contribution in [-0.2, 0) is 4.74 Å². The Balaban J connectivity index is 1.75. The quantitative estimate of drug-likeness (QED) is 0.802. The van der Waals surface area contributed by atoms with E-state index in [1.807, 2.05) is 6.07 Å². The average Bonchev–Trinajstić information content (AvgIpc) is 3.04. The highest BCUT2D eigenvalue weighted by molar-refractivity contribution is 9.10. The summed E-state index contributed by atoms with van der Waals surface area (Å²) in [5.74, 6) is 1.32. The molecule has 4 rings (SSSR count). The summed E-state index contributed by atoms with van der Waals surface area (Å²) in [5.41, 5.74) is 5.04. The Bertz CT molecular complexity index is 746. The second-order valence-corrected chi connectivity index (χ2v) is 7.20. The molecule has 4 heteroatoms. The maximum absolute atomic E-state index is 6.09. The summed E-state index contributed by atoms with van der Waals surface area (Å²) >= 11 is 3.60. The highest BCUT2D eigenvalue weighted by Gasteiger charge is 2.41. The zero-order valence-electron chi connectivity index (χ0n) is 13.3. The predicted molar refractivity (Wildman–Crippen MR) is 95.0 cm³/mol. The maximum atomic E-state index is 6.09. The fourth-order valence-electron chi connectivity index (χ4n) is 3.80. The molecule has 0 radical (unpaired) electrons. The lowest BCUT2D eigenvalue weighted by molar-refractivity contribution is 0.0829. The molecule has 0 unspecified atom stereocenters. The Morgan fingerprint density at radius 2 is 2.09 bits per heavy atom. The maximum Gasteiger partial charge on any atom is 0.133 e. The second kappa shape index (κ2) is 5.84. The van der Waals surface area contributed by atoms with Gasteiger partial charge in [0, 0.05) is 23.8 Å². The molecule has 0 aliphatic carbocycles. The minimum atomic E-state index is 0.192. The molecule has 0 aromatic heterocycles. The summed E-state index contributed by atoms with van der Waals surface area (Å²) in [4.78, 5) is 0. The Labute approximate surface area is 145 Å². The molecule has 1 N–H and O–H groups in total. The first kappa shape index (κ1) is 15.0. The van der Waals surface area contributed by atoms with E-state index < -0.39 is 0 Å². The van der Waals surface area contributed by atoms with Gasteiger partial charge in [-0.15, -0.1) is 0 Å². The zero-order chi connectivity index (χ0) is 16.0. The predicted octanol–water partition coefficient (Wildman–Crippen LogP) is 5.01. The van der Waals surface area contributed by atoms with Gasteiger partial charge in [-0.3, -0.25) is 0 Å². The lowest BCUT2D eigenvalue weighted by Gasteiger charge is -2.36. The molecule has 0 bridgehead atoms. The summed E-state index contributed by atoms with van der Waals surface area (Å²) < 4.78 is 12.4. The number of rotatable bonds is 2. The van der Waals surface area contributed by atoms with Gasteiger partial charge in [0.15, 0.2) is 0 Å². The number of fused-ring (bicyclic) bond motifs is 3. The lowest BCUT2D eigenvalue weighted by Crippen LogP contribution is -2.29. The standard InChI is InChI=1S/C19H20BrNO2/c1-11-3-5-16-14(9-11)19-13(7-8-23-19)18(21-16)12-4-6-17(22-2)15(20)10-12/h3-6,9-10,13,18-19,21H,7-8H2,1-2H3/t13-,18-,19-/m0/s1. The smallest absolute Gasteiger partial charge is 0.133 e. The molecular weight excluding hydrogens is 354 g/mol. The van der Waals surface area contributed by atoms with Crippen LogP contribution in [0.5, 0.6) is 5.75 Å². The molecule has 0 saturated carbocycles. The van der Waals surface area contributed by atoms with E-state index in [4.69, 9.17) is 9.47 Å². The van der Waals surface area contributed by atoms with Gasteiger partial charge in [0.25, 0.3) is 0 Å². The van der Waals surface area contributed by atoms with E-state index in [2.05, 4.69) is 58.5 Å². The van der Waals surface area contributed by atoms with E-state index in [0.29, 0.717) is 5.92 Å². The molecule has 120 valence electrons. The highest BCUT2D eigenvalue weighted by Crippen LogP contribution is 2.50. The number of aryl methyl sites for hydroxylation is 1. The molecule has 23 heavy (non-hydrogen) atoms. The fraction of sp³-hybridized carbons (Fsp3) is 0.368. The van der Waals surface area contributed by atoms with Crippen LogP contribution in [0.1, 0.15) is 35.3 Å². The summed E-state index contributed by atoms with van der Waals surface area (Å²) in [5, 5.41) is 3.73. The molecule has 2 aliphatic rings. The minimum Gasteiger partial charge on any atom is -0.496 e. The number of hydrogen-bond donors (Lipinski definition) is 1. The first-order valence-electron chi connectivity index (χ1n) is 7.99. The van der Waals surface area contributed by atoms with Crippen molar-refractivity contribution < 1.29 is 9.47 Å². The van der Waals surface area contributed by atoms with E-state index in [1.54, 1.807) is 7.11 Å². The average molecular weight is 374 g/mol. The van der Waals surface area contributed by atoms with Gasteiger partial charge in [0.1, 0.15) is 5.75 Å². The van der Waals surface area contributed by atoms with Crippen LogP contribution >= 0.6 is 15.9 Å². The van der Waals surface area contributed by atoms with Gasteiger partial charge in [0.2, 0.25) is 0 Å². The Morgan fingerprint density at radius 3 is 2.87 bits per heavy atom. The number of benzene rings is 2. The van der Waals surface area contributed by atoms with E-state index in [0.717, 1.165) is 23.2 Å². The van der Waals surface area contributed by atoms with Gasteiger partial charge in [-0.25, -0.2) is 0 Å². The van der Waals surface area contributed by atoms with Gasteiger partial charge >= 0.3 is 0 Å². The number of hydrogen-bond acceptors (Lipinski definition) is 3. The first-order valence-corrected chi connectivity index (χ1v) is 8.79. The van der Waals surface area contributed by atoms with Crippen LogP contribution in [0.3, 0.4) is 0 Å². The van der Waals surface area contributed by atoms with Gasteiger partial charge in [-0.05, 0) is 53.0 Å². The lowest BCUT2D eigenvalue weighted by atomic mass is 9.80. The van der Waals surface area contributed by atoms with Crippen molar-refractivity contribution in [2.75, 3.05) is 19.0 Å². The number of ether oxygens (including phenoxy) is 2. The largest absolute Gasteiger partial charge is 0.496 e. The third-order valence-electron chi connectivity index (χ3n) is 4.93. The summed E-state index contributed by atoms with van der Waals surface area (Å²) in [6, 6.07) is 13.2. The molecule has 2 heterocycles. The van der Waals surface area contributed by atoms with Crippen LogP contribution in [0.4, 0.5) is 5.69 Å². The number of nitrogens with one attached hydrogen (secondary N) is 1. The SMILES string of the molecule is COc1ccc([C@@H]2Nc3ccc(C)cc3[C@H]3OCC[C@H]32)cc1Br. The molecule has 1 fully saturated rings. The number of methoxy groups -OCH3 is 1. The van der Waals surface area contributed by atoms with E-state index in [1.165, 1.54) is 22.4 Å². The number of anilines is 1. The molecule has 3 atom stereocenters. The van der Waals surface area contributed by atoms with Crippen LogP contribution in [-0.4, -0.2) is 13.7 Å². The van der Waals surface area contributed by atoms with Crippen molar-refractivity contribution in [2.24, 2.45) is 5.92 Å². The van der Waals surface area contributed by atoms with Crippen molar-refractivity contribution in [3.05, 3.63) is 57.6 Å². The van der Waals surface area contributed by atoms with Crippen molar-refractivity contribution in [1.29, 1.82) is 0 Å². The molecule has 2 aromatic carbocycles. The highest BCUT2D eigenvalue weighted by atomic mass is 79.9. The van der Waals surface area contributed by atoms with Crippen molar-refractivity contribution in [1.82, 2.24) is 0 Å². The molecule has 0 amide bonds. The van der Waals surface area contributed by atoms with E-state index in [9.17, 15) is 0 Å². The summed E-state index contributed by atoms with van der Waals surface area (Å²) in [7, 11) is 1.69. The Morgan fingerprint density at radius 1 is 1.22 bits per heavy atom. The molecule has 1 saturated heterocycles. The third kappa shape index (κ3) is 2.54. The van der Waals surface area contributed by atoms with Crippen molar-refractivity contribution in [2.45, 2.75) is 25.5 Å². The molecule has 2 aromatic rings. The van der Waals surface area contributed by atoms with Crippen molar-refractivity contribution in [3.63, 3.8) is 0 Å². The molecule has 3 nitrogen and oxygen atoms in total. The topological polar surface area (TPSA) is 30.5 Å². The third-order valence-corrected chi connectivity index (χ3v) is 5.54. The van der Waals surface area contributed by atoms with E-state index in [-0.39, 0.29) is 12.1 Å². The van der Waals surface area contributed by atoms with Crippen LogP contribution in [0, 0.1) is 12.8 Å². The molecular formula is C19H20BrNO2. The van der Waals surface area contributed by atoms with Crippen molar-refractivity contribution in [3.8, 4) is 5.75 Å². The van der Waals surface area contributed by atoms with Crippen LogP contribution in [0.25, 0.3) is 0 Å². The summed E-state index contributed by atoms with van der Waals surface area (Å²) in [6.07, 6.45) is 1.27. The van der Waals surface area contributed by atoms with Gasteiger partial charge in [0.05, 0.1) is 23.7 Å². The first-order chi connectivity index (χ1) is 11.2. The zero-order valence-corrected chi connectivity index (χ0v) is 14.9. The Kier molecular flexibility index (Phi) is 3.82. The van der Waals surface area contributed by atoms with Crippen LogP contribution in [0.2, 0.25) is 0 Å². The molecule has 0 spiro atoms. The number of halogens is 1. The van der Waals surface area contributed by atoms with Gasteiger partial charge < -0.3 is 14.8 Å². The van der Waals surface area contributed by atoms with Gasteiger partial charge in [-0.1, -0.05) is 23.8 Å². The van der Waals surface area contributed by atoms with Crippen LogP contribution in [0.15, 0.2) is 40.9 Å². The van der Waals surface area contributed by atoms with Crippen LogP contribution < -0.4 is 10.1 Å². The minimum absolute atomic E-state index is 0.192. The fourth-order valence-corrected chi connectivity index (χ4v) is 4.36. The monoisotopic (exact) mass is 373 g/mol. The van der Waals surface area contributed by atoms with Crippen molar-refractivity contribution >= 4 is 21.6 Å². The summed E-state index contributed by atoms with van der Waals surface area (Å²) in [6.45, 7) is 2.97. The van der Waals surface area contributed by atoms with E-state index >= 15 is 0 Å². The second-order valence-electron chi connectivity index (χ2n) is 6.35.